The van der Waals surface area contributed by atoms with Gasteiger partial charge in [-0.25, -0.2) is 9.59 Å². The van der Waals surface area contributed by atoms with Crippen molar-refractivity contribution >= 4 is 11.9 Å². The SMILES string of the molecule is C=C(C)C(=O)Oc1ccc(C(=O)Oc2ccccc2)cc1. The summed E-state index contributed by atoms with van der Waals surface area (Å²) in [6.45, 7) is 5.06. The Morgan fingerprint density at radius 2 is 1.43 bits per heavy atom. The molecule has 0 fully saturated rings. The third-order valence-electron chi connectivity index (χ3n) is 2.60. The number of ether oxygens (including phenoxy) is 2. The van der Waals surface area contributed by atoms with Gasteiger partial charge in [-0.15, -0.1) is 0 Å². The van der Waals surface area contributed by atoms with E-state index in [1.807, 2.05) is 6.07 Å². The first-order chi connectivity index (χ1) is 10.1. The third-order valence-corrected chi connectivity index (χ3v) is 2.60. The molecular weight excluding hydrogens is 268 g/mol. The van der Waals surface area contributed by atoms with Gasteiger partial charge in [-0.1, -0.05) is 24.8 Å². The molecule has 4 heteroatoms. The quantitative estimate of drug-likeness (QED) is 0.490. The predicted octanol–water partition coefficient (Wildman–Crippen LogP) is 3.39. The van der Waals surface area contributed by atoms with Crippen molar-refractivity contribution in [1.82, 2.24) is 0 Å². The summed E-state index contributed by atoms with van der Waals surface area (Å²) < 4.78 is 10.2. The van der Waals surface area contributed by atoms with Crippen molar-refractivity contribution in [2.45, 2.75) is 6.92 Å². The Morgan fingerprint density at radius 1 is 0.857 bits per heavy atom. The van der Waals surface area contributed by atoms with Gasteiger partial charge in [0.05, 0.1) is 5.56 Å². The topological polar surface area (TPSA) is 52.6 Å². The van der Waals surface area contributed by atoms with Crippen LogP contribution >= 0.6 is 0 Å². The number of carbonyl (C=O) groups excluding carboxylic acids is 2. The molecule has 0 aromatic heterocycles. The predicted molar refractivity (Wildman–Crippen MR) is 78.3 cm³/mol. The maximum Gasteiger partial charge on any atom is 0.343 e. The van der Waals surface area contributed by atoms with Crippen LogP contribution in [0.25, 0.3) is 0 Å². The zero-order chi connectivity index (χ0) is 15.2. The molecule has 0 saturated heterocycles. The summed E-state index contributed by atoms with van der Waals surface area (Å²) >= 11 is 0. The average molecular weight is 282 g/mol. The van der Waals surface area contributed by atoms with E-state index in [-0.39, 0.29) is 0 Å². The molecule has 0 aliphatic rings. The van der Waals surface area contributed by atoms with Crippen LogP contribution in [0.2, 0.25) is 0 Å². The summed E-state index contributed by atoms with van der Waals surface area (Å²) in [4.78, 5) is 23.3. The molecule has 21 heavy (non-hydrogen) atoms. The Balaban J connectivity index is 2.03. The summed E-state index contributed by atoms with van der Waals surface area (Å²) in [6, 6.07) is 14.9. The van der Waals surface area contributed by atoms with Crippen molar-refractivity contribution in [3.05, 3.63) is 72.3 Å². The molecule has 0 aliphatic heterocycles. The number of para-hydroxylation sites is 1. The highest BCUT2D eigenvalue weighted by molar-refractivity contribution is 5.91. The van der Waals surface area contributed by atoms with Crippen molar-refractivity contribution < 1.29 is 19.1 Å². The molecule has 0 bridgehead atoms. The summed E-state index contributed by atoms with van der Waals surface area (Å²) in [5.74, 6) is -0.159. The molecular formula is C17H14O4. The average Bonchev–Trinajstić information content (AvgIpc) is 2.48. The lowest BCUT2D eigenvalue weighted by molar-refractivity contribution is -0.130. The third kappa shape index (κ3) is 4.04. The maximum absolute atomic E-state index is 11.9. The van der Waals surface area contributed by atoms with Crippen molar-refractivity contribution in [3.63, 3.8) is 0 Å². The number of rotatable bonds is 4. The Morgan fingerprint density at radius 3 is 2.00 bits per heavy atom. The number of esters is 2. The van der Waals surface area contributed by atoms with Gasteiger partial charge in [0.2, 0.25) is 0 Å². The zero-order valence-electron chi connectivity index (χ0n) is 11.5. The van der Waals surface area contributed by atoms with Crippen molar-refractivity contribution in [3.8, 4) is 11.5 Å². The standard InChI is InChI=1S/C17H14O4/c1-12(2)16(18)20-15-10-8-13(9-11-15)17(19)21-14-6-4-3-5-7-14/h3-11H,1H2,2H3. The van der Waals surface area contributed by atoms with Crippen LogP contribution in [-0.2, 0) is 4.79 Å². The lowest BCUT2D eigenvalue weighted by atomic mass is 10.2. The molecule has 2 aromatic rings. The molecule has 4 nitrogen and oxygen atoms in total. The van der Waals surface area contributed by atoms with Crippen molar-refractivity contribution in [2.75, 3.05) is 0 Å². The van der Waals surface area contributed by atoms with E-state index in [1.165, 1.54) is 24.3 Å². The molecule has 0 radical (unpaired) electrons. The minimum absolute atomic E-state index is 0.308. The lowest BCUT2D eigenvalue weighted by Crippen LogP contribution is -2.10. The van der Waals surface area contributed by atoms with Crippen LogP contribution in [0.3, 0.4) is 0 Å². The van der Waals surface area contributed by atoms with Gasteiger partial charge >= 0.3 is 11.9 Å². The first-order valence-electron chi connectivity index (χ1n) is 6.31. The van der Waals surface area contributed by atoms with Gasteiger partial charge < -0.3 is 9.47 Å². The fourth-order valence-electron chi connectivity index (χ4n) is 1.51. The van der Waals surface area contributed by atoms with Gasteiger partial charge in [-0.05, 0) is 43.3 Å². The normalized spacial score (nSPS) is 9.76. The maximum atomic E-state index is 11.9. The smallest absolute Gasteiger partial charge is 0.343 e. The van der Waals surface area contributed by atoms with Crippen LogP contribution in [-0.4, -0.2) is 11.9 Å². The number of hydrogen-bond acceptors (Lipinski definition) is 4. The van der Waals surface area contributed by atoms with Crippen LogP contribution in [0.5, 0.6) is 11.5 Å². The van der Waals surface area contributed by atoms with Crippen LogP contribution < -0.4 is 9.47 Å². The van der Waals surface area contributed by atoms with E-state index in [9.17, 15) is 9.59 Å². The monoisotopic (exact) mass is 282 g/mol. The molecule has 2 rings (SSSR count). The largest absolute Gasteiger partial charge is 0.423 e. The summed E-state index contributed by atoms with van der Waals surface area (Å²) in [5, 5.41) is 0. The van der Waals surface area contributed by atoms with E-state index in [4.69, 9.17) is 9.47 Å². The molecule has 0 unspecified atom stereocenters. The molecule has 2 aromatic carbocycles. The molecule has 0 saturated carbocycles. The van der Waals surface area contributed by atoms with Gasteiger partial charge in [0.1, 0.15) is 11.5 Å². The second-order valence-corrected chi connectivity index (χ2v) is 4.40. The number of carbonyl (C=O) groups is 2. The van der Waals surface area contributed by atoms with E-state index in [2.05, 4.69) is 6.58 Å². The second kappa shape index (κ2) is 6.52. The second-order valence-electron chi connectivity index (χ2n) is 4.40. The van der Waals surface area contributed by atoms with E-state index in [0.717, 1.165) is 0 Å². The van der Waals surface area contributed by atoms with E-state index in [0.29, 0.717) is 22.6 Å². The minimum atomic E-state index is -0.505. The first-order valence-corrected chi connectivity index (χ1v) is 6.31. The lowest BCUT2D eigenvalue weighted by Gasteiger charge is -2.06. The molecule has 0 N–H and O–H groups in total. The Bertz CT molecular complexity index is 657. The van der Waals surface area contributed by atoms with Gasteiger partial charge in [0.25, 0.3) is 0 Å². The number of hydrogen-bond donors (Lipinski definition) is 0. The molecule has 0 aliphatic carbocycles. The summed E-state index contributed by atoms with van der Waals surface area (Å²) in [6.07, 6.45) is 0. The molecule has 0 amide bonds. The fraction of sp³-hybridized carbons (Fsp3) is 0.0588. The van der Waals surface area contributed by atoms with E-state index >= 15 is 0 Å². The molecule has 0 heterocycles. The first kappa shape index (κ1) is 14.5. The molecule has 0 atom stereocenters. The Hall–Kier alpha value is -2.88. The Kier molecular flexibility index (Phi) is 4.51. The fourth-order valence-corrected chi connectivity index (χ4v) is 1.51. The van der Waals surface area contributed by atoms with Crippen LogP contribution in [0.1, 0.15) is 17.3 Å². The van der Waals surface area contributed by atoms with E-state index < -0.39 is 11.9 Å². The number of benzene rings is 2. The van der Waals surface area contributed by atoms with Crippen molar-refractivity contribution in [2.24, 2.45) is 0 Å². The van der Waals surface area contributed by atoms with Gasteiger partial charge in [-0.2, -0.15) is 0 Å². The zero-order valence-corrected chi connectivity index (χ0v) is 11.5. The van der Waals surface area contributed by atoms with Crippen LogP contribution in [0.4, 0.5) is 0 Å². The van der Waals surface area contributed by atoms with Crippen LogP contribution in [0, 0.1) is 0 Å². The summed E-state index contributed by atoms with van der Waals surface area (Å²) in [5.41, 5.74) is 0.677. The summed E-state index contributed by atoms with van der Waals surface area (Å²) in [7, 11) is 0. The molecule has 106 valence electrons. The van der Waals surface area contributed by atoms with Gasteiger partial charge in [-0.3, -0.25) is 0 Å². The highest BCUT2D eigenvalue weighted by Crippen LogP contribution is 2.16. The van der Waals surface area contributed by atoms with Crippen molar-refractivity contribution in [1.29, 1.82) is 0 Å². The van der Waals surface area contributed by atoms with E-state index in [1.54, 1.807) is 31.2 Å². The highest BCUT2D eigenvalue weighted by atomic mass is 16.5. The minimum Gasteiger partial charge on any atom is -0.423 e. The van der Waals surface area contributed by atoms with Crippen LogP contribution in [0.15, 0.2) is 66.7 Å². The molecule has 0 spiro atoms. The van der Waals surface area contributed by atoms with Gasteiger partial charge in [0, 0.05) is 5.57 Å². The van der Waals surface area contributed by atoms with Gasteiger partial charge in [0.15, 0.2) is 0 Å². The highest BCUT2D eigenvalue weighted by Gasteiger charge is 2.10. The Labute approximate surface area is 122 Å².